The van der Waals surface area contributed by atoms with Crippen LogP contribution in [0, 0.1) is 0 Å². The summed E-state index contributed by atoms with van der Waals surface area (Å²) in [5.41, 5.74) is 1.28. The van der Waals surface area contributed by atoms with Crippen molar-refractivity contribution in [3.8, 4) is 0 Å². The highest BCUT2D eigenvalue weighted by molar-refractivity contribution is 5.87. The molecule has 1 aromatic rings. The second kappa shape index (κ2) is 3.89. The highest BCUT2D eigenvalue weighted by atomic mass is 16.5. The Morgan fingerprint density at radius 3 is 2.54 bits per heavy atom. The average molecular weight is 180 g/mol. The second-order valence-electron chi connectivity index (χ2n) is 2.79. The summed E-state index contributed by atoms with van der Waals surface area (Å²) in [6.07, 6.45) is 1.63. The van der Waals surface area contributed by atoms with Crippen molar-refractivity contribution in [1.29, 1.82) is 0 Å². The number of nitrogens with zero attached hydrogens (tertiary/aromatic N) is 2. The van der Waals surface area contributed by atoms with Gasteiger partial charge in [0.25, 0.3) is 0 Å². The first kappa shape index (κ1) is 9.51. The first-order valence-corrected chi connectivity index (χ1v) is 3.87. The fourth-order valence-electron chi connectivity index (χ4n) is 0.876. The van der Waals surface area contributed by atoms with Gasteiger partial charge in [0.05, 0.1) is 19.0 Å². The highest BCUT2D eigenvalue weighted by Gasteiger charge is 2.06. The molecule has 0 aliphatic heterocycles. The Morgan fingerprint density at radius 1 is 1.46 bits per heavy atom. The Morgan fingerprint density at radius 2 is 2.15 bits per heavy atom. The number of carbonyl (C=O) groups excluding carboxylic acids is 1. The molecule has 0 N–H and O–H groups in total. The van der Waals surface area contributed by atoms with Gasteiger partial charge in [-0.3, -0.25) is 0 Å². The fraction of sp³-hybridized carbons (Fsp3) is 0.333. The van der Waals surface area contributed by atoms with Crippen LogP contribution in [0.3, 0.4) is 0 Å². The Balaban J connectivity index is 2.87. The van der Waals surface area contributed by atoms with Gasteiger partial charge in [0.15, 0.2) is 0 Å². The number of esters is 1. The normalized spacial score (nSPS) is 9.46. The largest absolute Gasteiger partial charge is 0.464 e. The number of hydrogen-bond donors (Lipinski definition) is 0. The van der Waals surface area contributed by atoms with Crippen molar-refractivity contribution in [3.05, 3.63) is 24.0 Å². The molecule has 0 aliphatic rings. The molecule has 0 radical (unpaired) electrons. The summed E-state index contributed by atoms with van der Waals surface area (Å²) in [6, 6.07) is 3.46. The number of ether oxygens (including phenoxy) is 1. The van der Waals surface area contributed by atoms with E-state index in [1.165, 1.54) is 7.11 Å². The van der Waals surface area contributed by atoms with Crippen LogP contribution in [0.15, 0.2) is 18.3 Å². The molecule has 0 aliphatic carbocycles. The number of pyridine rings is 1. The summed E-state index contributed by atoms with van der Waals surface area (Å²) in [5.74, 6) is -0.412. The van der Waals surface area contributed by atoms with Crippen molar-refractivity contribution in [2.45, 2.75) is 0 Å². The van der Waals surface area contributed by atoms with Crippen molar-refractivity contribution < 1.29 is 9.53 Å². The predicted octanol–water partition coefficient (Wildman–Crippen LogP) is 0.934. The molecule has 0 unspecified atom stereocenters. The van der Waals surface area contributed by atoms with Gasteiger partial charge in [-0.05, 0) is 12.1 Å². The molecule has 0 saturated carbocycles. The first-order valence-electron chi connectivity index (χ1n) is 3.87. The fourth-order valence-corrected chi connectivity index (χ4v) is 0.876. The van der Waals surface area contributed by atoms with Gasteiger partial charge in [-0.25, -0.2) is 9.78 Å². The van der Waals surface area contributed by atoms with Crippen LogP contribution in [-0.4, -0.2) is 32.2 Å². The third-order valence-electron chi connectivity index (χ3n) is 1.66. The molecule has 0 atom stereocenters. The van der Waals surface area contributed by atoms with E-state index in [2.05, 4.69) is 9.72 Å². The van der Waals surface area contributed by atoms with E-state index in [-0.39, 0.29) is 0 Å². The van der Waals surface area contributed by atoms with Gasteiger partial charge in [-0.15, -0.1) is 0 Å². The second-order valence-corrected chi connectivity index (χ2v) is 2.79. The quantitative estimate of drug-likeness (QED) is 0.635. The maximum Gasteiger partial charge on any atom is 0.356 e. The number of anilines is 1. The minimum absolute atomic E-state index is 0.327. The minimum atomic E-state index is -0.412. The Hall–Kier alpha value is -1.58. The number of methoxy groups -OCH3 is 1. The molecule has 0 amide bonds. The van der Waals surface area contributed by atoms with Crippen molar-refractivity contribution in [1.82, 2.24) is 4.98 Å². The predicted molar refractivity (Wildman–Crippen MR) is 49.9 cm³/mol. The van der Waals surface area contributed by atoms with Crippen LogP contribution in [0.25, 0.3) is 0 Å². The van der Waals surface area contributed by atoms with Crippen LogP contribution < -0.4 is 4.90 Å². The van der Waals surface area contributed by atoms with Crippen LogP contribution >= 0.6 is 0 Å². The van der Waals surface area contributed by atoms with Crippen molar-refractivity contribution in [3.63, 3.8) is 0 Å². The van der Waals surface area contributed by atoms with Gasteiger partial charge in [0, 0.05) is 14.1 Å². The van der Waals surface area contributed by atoms with Crippen molar-refractivity contribution in [2.75, 3.05) is 26.1 Å². The van der Waals surface area contributed by atoms with Crippen LogP contribution in [-0.2, 0) is 4.74 Å². The zero-order valence-corrected chi connectivity index (χ0v) is 7.94. The molecule has 1 heterocycles. The number of carbonyl (C=O) groups is 1. The summed E-state index contributed by atoms with van der Waals surface area (Å²) < 4.78 is 4.52. The number of aromatic nitrogens is 1. The molecule has 0 spiro atoms. The van der Waals surface area contributed by atoms with Crippen LogP contribution in [0.4, 0.5) is 5.69 Å². The standard InChI is InChI=1S/C9H12N2O2/c1-11(2)7-4-5-8(10-6-7)9(12)13-3/h4-6H,1-3H3. The molecule has 0 aromatic carbocycles. The summed E-state index contributed by atoms with van der Waals surface area (Å²) in [7, 11) is 5.16. The van der Waals surface area contributed by atoms with E-state index in [9.17, 15) is 4.79 Å². The first-order chi connectivity index (χ1) is 6.15. The lowest BCUT2D eigenvalue weighted by Gasteiger charge is -2.11. The molecule has 0 bridgehead atoms. The van der Waals surface area contributed by atoms with Crippen LogP contribution in [0.1, 0.15) is 10.5 Å². The molecule has 4 nitrogen and oxygen atoms in total. The Kier molecular flexibility index (Phi) is 2.84. The topological polar surface area (TPSA) is 42.4 Å². The van der Waals surface area contributed by atoms with Crippen molar-refractivity contribution in [2.24, 2.45) is 0 Å². The van der Waals surface area contributed by atoms with Crippen LogP contribution in [0.2, 0.25) is 0 Å². The molecule has 0 saturated heterocycles. The zero-order chi connectivity index (χ0) is 9.84. The third kappa shape index (κ3) is 2.18. The third-order valence-corrected chi connectivity index (χ3v) is 1.66. The highest BCUT2D eigenvalue weighted by Crippen LogP contribution is 2.09. The molecular weight excluding hydrogens is 168 g/mol. The smallest absolute Gasteiger partial charge is 0.356 e. The van der Waals surface area contributed by atoms with E-state index in [1.807, 2.05) is 25.1 Å². The summed E-state index contributed by atoms with van der Waals surface area (Å²) >= 11 is 0. The van der Waals surface area contributed by atoms with E-state index in [0.29, 0.717) is 5.69 Å². The van der Waals surface area contributed by atoms with Crippen molar-refractivity contribution >= 4 is 11.7 Å². The van der Waals surface area contributed by atoms with Gasteiger partial charge >= 0.3 is 5.97 Å². The lowest BCUT2D eigenvalue weighted by molar-refractivity contribution is 0.0594. The van der Waals surface area contributed by atoms with E-state index in [0.717, 1.165) is 5.69 Å². The SMILES string of the molecule is COC(=O)c1ccc(N(C)C)cn1. The lowest BCUT2D eigenvalue weighted by Crippen LogP contribution is -2.10. The van der Waals surface area contributed by atoms with Gasteiger partial charge in [0.1, 0.15) is 5.69 Å². The van der Waals surface area contributed by atoms with E-state index < -0.39 is 5.97 Å². The molecule has 4 heteroatoms. The lowest BCUT2D eigenvalue weighted by atomic mass is 10.3. The molecule has 1 rings (SSSR count). The maximum atomic E-state index is 11.0. The maximum absolute atomic E-state index is 11.0. The van der Waals surface area contributed by atoms with Gasteiger partial charge in [0.2, 0.25) is 0 Å². The molecule has 13 heavy (non-hydrogen) atoms. The van der Waals surface area contributed by atoms with E-state index >= 15 is 0 Å². The van der Waals surface area contributed by atoms with Gasteiger partial charge in [-0.2, -0.15) is 0 Å². The molecular formula is C9H12N2O2. The Bertz CT molecular complexity index is 293. The van der Waals surface area contributed by atoms with Gasteiger partial charge < -0.3 is 9.64 Å². The number of hydrogen-bond acceptors (Lipinski definition) is 4. The molecule has 70 valence electrons. The summed E-state index contributed by atoms with van der Waals surface area (Å²) in [5, 5.41) is 0. The Labute approximate surface area is 77.1 Å². The monoisotopic (exact) mass is 180 g/mol. The zero-order valence-electron chi connectivity index (χ0n) is 7.94. The summed E-state index contributed by atoms with van der Waals surface area (Å²) in [4.78, 5) is 16.9. The molecule has 0 fully saturated rings. The molecule has 1 aromatic heterocycles. The van der Waals surface area contributed by atoms with E-state index in [4.69, 9.17) is 0 Å². The minimum Gasteiger partial charge on any atom is -0.464 e. The average Bonchev–Trinajstić information content (AvgIpc) is 2.17. The van der Waals surface area contributed by atoms with E-state index in [1.54, 1.807) is 12.3 Å². The van der Waals surface area contributed by atoms with Crippen LogP contribution in [0.5, 0.6) is 0 Å². The summed E-state index contributed by atoms with van der Waals surface area (Å²) in [6.45, 7) is 0. The number of rotatable bonds is 2. The van der Waals surface area contributed by atoms with Gasteiger partial charge in [-0.1, -0.05) is 0 Å².